The average molecular weight is 580 g/mol. The lowest BCUT2D eigenvalue weighted by molar-refractivity contribution is -0.268. The number of hydrogen-bond acceptors (Lipinski definition) is 15. The summed E-state index contributed by atoms with van der Waals surface area (Å²) in [5.74, 6) is -2.93. The molecule has 15 nitrogen and oxygen atoms in total. The number of fused-ring (bicyclic) bond motifs is 1. The van der Waals surface area contributed by atoms with Crippen LogP contribution in [0.4, 0.5) is 0 Å². The molecule has 3 aromatic rings. The van der Waals surface area contributed by atoms with Gasteiger partial charge in [-0.25, -0.2) is 0 Å². The van der Waals surface area contributed by atoms with E-state index in [1.54, 1.807) is 0 Å². The molecule has 0 radical (unpaired) electrons. The first-order valence-corrected chi connectivity index (χ1v) is 12.4. The minimum Gasteiger partial charge on any atom is -0.504 e. The van der Waals surface area contributed by atoms with Gasteiger partial charge in [-0.3, -0.25) is 4.79 Å². The molecule has 0 bridgehead atoms. The molecule has 1 aromatic heterocycles. The summed E-state index contributed by atoms with van der Waals surface area (Å²) < 4.78 is 27.1. The zero-order valence-electron chi connectivity index (χ0n) is 21.3. The molecule has 0 amide bonds. The fraction of sp³-hybridized carbons (Fsp3) is 0.423. The van der Waals surface area contributed by atoms with Crippen LogP contribution in [0.25, 0.3) is 22.3 Å². The summed E-state index contributed by atoms with van der Waals surface area (Å²) in [5, 5.41) is 90.6. The molecule has 2 saturated heterocycles. The van der Waals surface area contributed by atoms with E-state index in [1.165, 1.54) is 25.1 Å². The van der Waals surface area contributed by atoms with E-state index in [-0.39, 0.29) is 29.3 Å². The second-order valence-electron chi connectivity index (χ2n) is 9.77. The van der Waals surface area contributed by atoms with Crippen LogP contribution in [0.1, 0.15) is 6.92 Å². The van der Waals surface area contributed by atoms with E-state index < -0.39 is 89.1 Å². The second-order valence-corrected chi connectivity index (χ2v) is 9.77. The highest BCUT2D eigenvalue weighted by molar-refractivity contribution is 5.89. The van der Waals surface area contributed by atoms with Crippen LogP contribution in [0.5, 0.6) is 28.7 Å². The maximum absolute atomic E-state index is 12.8. The van der Waals surface area contributed by atoms with Gasteiger partial charge in [-0.2, -0.15) is 0 Å². The molecule has 3 heterocycles. The highest BCUT2D eigenvalue weighted by atomic mass is 16.7. The van der Waals surface area contributed by atoms with E-state index >= 15 is 0 Å². The average Bonchev–Trinajstić information content (AvgIpc) is 2.94. The summed E-state index contributed by atoms with van der Waals surface area (Å²) in [6, 6.07) is 5.87. The van der Waals surface area contributed by atoms with E-state index in [0.29, 0.717) is 0 Å². The Kier molecular flexibility index (Phi) is 7.71. The van der Waals surface area contributed by atoms with Gasteiger partial charge in [-0.05, 0) is 25.1 Å². The number of ether oxygens (including phenoxy) is 4. The number of aliphatic hydroxyl groups excluding tert-OH is 6. The van der Waals surface area contributed by atoms with Crippen LogP contribution < -0.4 is 14.9 Å². The Hall–Kier alpha value is -3.67. The number of hydrogen-bond donors (Lipinski definition) is 9. The molecule has 0 saturated carbocycles. The molecule has 41 heavy (non-hydrogen) atoms. The summed E-state index contributed by atoms with van der Waals surface area (Å²) >= 11 is 0. The van der Waals surface area contributed by atoms with Gasteiger partial charge in [0.25, 0.3) is 0 Å². The zero-order chi connectivity index (χ0) is 29.7. The van der Waals surface area contributed by atoms with Crippen molar-refractivity contribution in [1.29, 1.82) is 0 Å². The first kappa shape index (κ1) is 28.8. The van der Waals surface area contributed by atoms with E-state index in [0.717, 1.165) is 12.1 Å². The van der Waals surface area contributed by atoms with Crippen molar-refractivity contribution in [3.8, 4) is 40.1 Å². The third-order valence-electron chi connectivity index (χ3n) is 6.92. The first-order valence-electron chi connectivity index (χ1n) is 12.4. The Labute approximate surface area is 230 Å². The Morgan fingerprint density at radius 1 is 0.780 bits per heavy atom. The minimum absolute atomic E-state index is 0.0889. The van der Waals surface area contributed by atoms with Crippen LogP contribution in [0.2, 0.25) is 0 Å². The summed E-state index contributed by atoms with van der Waals surface area (Å²) in [6.07, 6.45) is -13.0. The van der Waals surface area contributed by atoms with E-state index in [4.69, 9.17) is 23.4 Å². The van der Waals surface area contributed by atoms with Gasteiger partial charge >= 0.3 is 0 Å². The molecule has 0 aliphatic carbocycles. The quantitative estimate of drug-likeness (QED) is 0.157. The maximum atomic E-state index is 12.8. The molecular formula is C26H28O15. The minimum atomic E-state index is -1.71. The van der Waals surface area contributed by atoms with Crippen LogP contribution in [-0.2, 0) is 9.47 Å². The van der Waals surface area contributed by atoms with Crippen molar-refractivity contribution in [2.45, 2.75) is 62.2 Å². The molecule has 2 aliphatic rings. The molecular weight excluding hydrogens is 552 g/mol. The summed E-state index contributed by atoms with van der Waals surface area (Å²) in [6.45, 7) is 1.08. The smallest absolute Gasteiger partial charge is 0.229 e. The summed E-state index contributed by atoms with van der Waals surface area (Å²) in [7, 11) is 0. The second kappa shape index (κ2) is 11.0. The van der Waals surface area contributed by atoms with E-state index in [1.807, 2.05) is 0 Å². The molecule has 9 N–H and O–H groups in total. The molecule has 2 fully saturated rings. The predicted octanol–water partition coefficient (Wildman–Crippen LogP) is -1.40. The van der Waals surface area contributed by atoms with Gasteiger partial charge in [0.05, 0.1) is 12.7 Å². The lowest BCUT2D eigenvalue weighted by Gasteiger charge is -2.38. The van der Waals surface area contributed by atoms with Crippen LogP contribution in [-0.4, -0.2) is 108 Å². The number of phenolic OH excluding ortho intramolecular Hbond substituents is 3. The number of benzene rings is 2. The van der Waals surface area contributed by atoms with Gasteiger partial charge in [0.15, 0.2) is 28.4 Å². The highest BCUT2D eigenvalue weighted by Gasteiger charge is 2.43. The monoisotopic (exact) mass is 580 g/mol. The lowest BCUT2D eigenvalue weighted by atomic mass is 10.00. The largest absolute Gasteiger partial charge is 0.504 e. The Morgan fingerprint density at radius 3 is 2.17 bits per heavy atom. The highest BCUT2D eigenvalue weighted by Crippen LogP contribution is 2.43. The normalized spacial score (nSPS) is 32.1. The Morgan fingerprint density at radius 2 is 1.46 bits per heavy atom. The third kappa shape index (κ3) is 5.25. The topological polar surface area (TPSA) is 249 Å². The van der Waals surface area contributed by atoms with Crippen molar-refractivity contribution in [3.63, 3.8) is 0 Å². The van der Waals surface area contributed by atoms with E-state index in [2.05, 4.69) is 0 Å². The van der Waals surface area contributed by atoms with Gasteiger partial charge in [0, 0.05) is 17.7 Å². The molecule has 2 aromatic carbocycles. The van der Waals surface area contributed by atoms with Crippen molar-refractivity contribution >= 4 is 11.0 Å². The fourth-order valence-corrected chi connectivity index (χ4v) is 4.52. The van der Waals surface area contributed by atoms with Crippen LogP contribution in [0, 0.1) is 0 Å². The standard InChI is InChI=1S/C26H28O15/c1-8-18(30)22(34)24(36)26(38-8)40-13-3-2-9(4-10(13)27)14-5-11(28)17-15(39-14)6-16(20(32)21(17)33)41-25-23(35)19(31)12(29)7-37-25/h2-6,8,12,18-19,22-27,29-36H,7H2,1H3/t8-,12-,18-,19-,22-,23-,24-,25+,26+/m0/s1. The van der Waals surface area contributed by atoms with Gasteiger partial charge < -0.3 is 69.3 Å². The number of rotatable bonds is 5. The predicted molar refractivity (Wildman–Crippen MR) is 134 cm³/mol. The molecule has 9 atom stereocenters. The van der Waals surface area contributed by atoms with Crippen LogP contribution in [0.15, 0.2) is 39.5 Å². The molecule has 222 valence electrons. The SMILES string of the molecule is C[C@@H]1O[C@H](Oc2ccc(-c3cc(=O)c4c(O)c(O)c(O[C@H]5OC[C@H](O)[C@H](O)[C@@H]5O)cc4o3)cc2O)[C@@H](O)[C@@H](O)[C@H]1O. The van der Waals surface area contributed by atoms with Gasteiger partial charge in [-0.1, -0.05) is 0 Å². The van der Waals surface area contributed by atoms with Gasteiger partial charge in [0.1, 0.15) is 53.4 Å². The molecule has 0 spiro atoms. The van der Waals surface area contributed by atoms with Crippen molar-refractivity contribution < 1.29 is 69.3 Å². The van der Waals surface area contributed by atoms with Crippen LogP contribution in [0.3, 0.4) is 0 Å². The molecule has 2 aliphatic heterocycles. The van der Waals surface area contributed by atoms with E-state index in [9.17, 15) is 50.8 Å². The summed E-state index contributed by atoms with van der Waals surface area (Å²) in [5.41, 5.74) is -0.863. The number of phenols is 3. The van der Waals surface area contributed by atoms with Crippen molar-refractivity contribution in [2.75, 3.05) is 6.61 Å². The Balaban J connectivity index is 1.44. The number of aromatic hydroxyl groups is 3. The molecule has 5 rings (SSSR count). The number of aliphatic hydroxyl groups is 6. The fourth-order valence-electron chi connectivity index (χ4n) is 4.52. The molecule has 15 heteroatoms. The van der Waals surface area contributed by atoms with Crippen LogP contribution >= 0.6 is 0 Å². The van der Waals surface area contributed by atoms with Crippen molar-refractivity contribution in [3.05, 3.63) is 40.6 Å². The first-order chi connectivity index (χ1) is 19.4. The van der Waals surface area contributed by atoms with Gasteiger partial charge in [-0.15, -0.1) is 0 Å². The van der Waals surface area contributed by atoms with Gasteiger partial charge in [0.2, 0.25) is 18.3 Å². The zero-order valence-corrected chi connectivity index (χ0v) is 21.3. The summed E-state index contributed by atoms with van der Waals surface area (Å²) in [4.78, 5) is 12.8. The third-order valence-corrected chi connectivity index (χ3v) is 6.92. The maximum Gasteiger partial charge on any atom is 0.229 e. The lowest BCUT2D eigenvalue weighted by Crippen LogP contribution is -2.58. The Bertz CT molecular complexity index is 1490. The van der Waals surface area contributed by atoms with Crippen molar-refractivity contribution in [1.82, 2.24) is 0 Å². The van der Waals surface area contributed by atoms with Crippen molar-refractivity contribution in [2.24, 2.45) is 0 Å². The molecule has 0 unspecified atom stereocenters.